The second-order valence-corrected chi connectivity index (χ2v) is 4.70. The molecule has 0 atom stereocenters. The van der Waals surface area contributed by atoms with Gasteiger partial charge in [-0.1, -0.05) is 0 Å². The number of hydrogen-bond acceptors (Lipinski definition) is 3. The second kappa shape index (κ2) is 4.35. The van der Waals surface area contributed by atoms with Gasteiger partial charge in [0.1, 0.15) is 5.84 Å². The lowest BCUT2D eigenvalue weighted by molar-refractivity contribution is 0.808. The van der Waals surface area contributed by atoms with Gasteiger partial charge >= 0.3 is 0 Å². The van der Waals surface area contributed by atoms with Crippen LogP contribution in [0.4, 0.5) is 0 Å². The lowest BCUT2D eigenvalue weighted by Crippen LogP contribution is -2.24. The summed E-state index contributed by atoms with van der Waals surface area (Å²) in [6.07, 6.45) is 6.34. The fourth-order valence-electron chi connectivity index (χ4n) is 2.55. The summed E-state index contributed by atoms with van der Waals surface area (Å²) in [5.41, 5.74) is 9.51. The van der Waals surface area contributed by atoms with E-state index in [1.165, 1.54) is 5.56 Å². The van der Waals surface area contributed by atoms with E-state index in [0.29, 0.717) is 0 Å². The summed E-state index contributed by atoms with van der Waals surface area (Å²) in [5.74, 6) is -0.205. The molecule has 5 nitrogen and oxygen atoms in total. The zero-order valence-corrected chi connectivity index (χ0v) is 10.4. The van der Waals surface area contributed by atoms with Gasteiger partial charge in [-0.25, -0.2) is 0 Å². The van der Waals surface area contributed by atoms with Gasteiger partial charge in [0.05, 0.1) is 5.56 Å². The van der Waals surface area contributed by atoms with Crippen molar-refractivity contribution in [2.24, 2.45) is 5.73 Å². The molecule has 2 aromatic heterocycles. The van der Waals surface area contributed by atoms with Crippen molar-refractivity contribution in [2.75, 3.05) is 0 Å². The summed E-state index contributed by atoms with van der Waals surface area (Å²) in [7, 11) is 0. The highest BCUT2D eigenvalue weighted by atomic mass is 16.1. The number of nitrogen functional groups attached to an aromatic ring is 1. The van der Waals surface area contributed by atoms with Crippen LogP contribution in [0, 0.1) is 5.41 Å². The first-order valence-electron chi connectivity index (χ1n) is 6.20. The number of aromatic nitrogens is 2. The van der Waals surface area contributed by atoms with Gasteiger partial charge < -0.3 is 10.7 Å². The van der Waals surface area contributed by atoms with Crippen LogP contribution in [0.25, 0.3) is 11.1 Å². The molecule has 0 fully saturated rings. The van der Waals surface area contributed by atoms with E-state index in [0.717, 1.165) is 36.1 Å². The molecule has 0 aromatic carbocycles. The van der Waals surface area contributed by atoms with Crippen LogP contribution >= 0.6 is 0 Å². The maximum absolute atomic E-state index is 11.9. The lowest BCUT2D eigenvalue weighted by atomic mass is 9.99. The third-order valence-corrected chi connectivity index (χ3v) is 3.48. The third kappa shape index (κ3) is 1.93. The number of nitrogens with two attached hydrogens (primary N) is 1. The Kier molecular flexibility index (Phi) is 2.67. The molecule has 1 aliphatic rings. The van der Waals surface area contributed by atoms with Gasteiger partial charge in [0.2, 0.25) is 0 Å². The van der Waals surface area contributed by atoms with Crippen molar-refractivity contribution in [1.29, 1.82) is 5.41 Å². The van der Waals surface area contributed by atoms with Crippen LogP contribution in [0.15, 0.2) is 29.3 Å². The molecule has 2 heterocycles. The van der Waals surface area contributed by atoms with Crippen molar-refractivity contribution in [3.63, 3.8) is 0 Å². The summed E-state index contributed by atoms with van der Waals surface area (Å²) in [6, 6.07) is 3.67. The maximum atomic E-state index is 11.9. The van der Waals surface area contributed by atoms with Crippen molar-refractivity contribution < 1.29 is 0 Å². The van der Waals surface area contributed by atoms with Gasteiger partial charge in [0, 0.05) is 23.7 Å². The molecule has 3 rings (SSSR count). The summed E-state index contributed by atoms with van der Waals surface area (Å²) in [5, 5.41) is 7.48. The molecule has 5 heteroatoms. The average Bonchev–Trinajstić information content (AvgIpc) is 2.56. The van der Waals surface area contributed by atoms with Crippen molar-refractivity contribution in [2.45, 2.75) is 19.3 Å². The van der Waals surface area contributed by atoms with E-state index in [-0.39, 0.29) is 17.0 Å². The van der Waals surface area contributed by atoms with E-state index in [9.17, 15) is 4.79 Å². The van der Waals surface area contributed by atoms with Crippen molar-refractivity contribution in [3.05, 3.63) is 51.7 Å². The minimum absolute atomic E-state index is 0.205. The molecular formula is C14H14N4O. The Labute approximate surface area is 110 Å². The molecule has 2 aromatic rings. The first-order chi connectivity index (χ1) is 9.16. The molecule has 0 radical (unpaired) electrons. The number of pyridine rings is 2. The molecule has 96 valence electrons. The number of amidine groups is 1. The molecule has 0 saturated heterocycles. The van der Waals surface area contributed by atoms with E-state index in [2.05, 4.69) is 9.97 Å². The predicted molar refractivity (Wildman–Crippen MR) is 73.3 cm³/mol. The Morgan fingerprint density at radius 1 is 1.37 bits per heavy atom. The quantitative estimate of drug-likeness (QED) is 0.527. The van der Waals surface area contributed by atoms with E-state index >= 15 is 0 Å². The van der Waals surface area contributed by atoms with Crippen molar-refractivity contribution >= 4 is 5.84 Å². The molecule has 1 aliphatic carbocycles. The lowest BCUT2D eigenvalue weighted by Gasteiger charge is -2.10. The minimum atomic E-state index is -0.288. The Morgan fingerprint density at radius 3 is 3.00 bits per heavy atom. The molecular weight excluding hydrogens is 240 g/mol. The first-order valence-corrected chi connectivity index (χ1v) is 6.20. The predicted octanol–water partition coefficient (Wildman–Crippen LogP) is 1.21. The van der Waals surface area contributed by atoms with Crippen molar-refractivity contribution in [3.8, 4) is 11.1 Å². The van der Waals surface area contributed by atoms with Crippen LogP contribution in [0.3, 0.4) is 0 Å². The van der Waals surface area contributed by atoms with Gasteiger partial charge in [-0.2, -0.15) is 0 Å². The summed E-state index contributed by atoms with van der Waals surface area (Å²) in [6.45, 7) is 0. The number of fused-ring (bicyclic) bond motifs is 3. The van der Waals surface area contributed by atoms with E-state index in [4.69, 9.17) is 11.1 Å². The molecule has 0 bridgehead atoms. The molecule has 4 N–H and O–H groups in total. The Balaban J connectivity index is 2.31. The fraction of sp³-hybridized carbons (Fsp3) is 0.214. The summed E-state index contributed by atoms with van der Waals surface area (Å²) in [4.78, 5) is 18.9. The van der Waals surface area contributed by atoms with E-state index in [1.54, 1.807) is 12.3 Å². The summed E-state index contributed by atoms with van der Waals surface area (Å²) < 4.78 is 0. The zero-order chi connectivity index (χ0) is 13.4. The van der Waals surface area contributed by atoms with Gasteiger partial charge in [-0.15, -0.1) is 0 Å². The molecule has 0 amide bonds. The van der Waals surface area contributed by atoms with Crippen LogP contribution in [-0.2, 0) is 12.8 Å². The number of aryl methyl sites for hydroxylation is 2. The van der Waals surface area contributed by atoms with Crippen molar-refractivity contribution in [1.82, 2.24) is 9.97 Å². The first kappa shape index (κ1) is 11.6. The van der Waals surface area contributed by atoms with E-state index < -0.39 is 0 Å². The average molecular weight is 254 g/mol. The molecule has 19 heavy (non-hydrogen) atoms. The molecule has 0 unspecified atom stereocenters. The Hall–Kier alpha value is -2.43. The minimum Gasteiger partial charge on any atom is -0.384 e. The maximum Gasteiger partial charge on any atom is 0.259 e. The van der Waals surface area contributed by atoms with Gasteiger partial charge in [0.25, 0.3) is 5.56 Å². The van der Waals surface area contributed by atoms with Crippen LogP contribution in [0.1, 0.15) is 23.2 Å². The van der Waals surface area contributed by atoms with E-state index in [1.807, 2.05) is 12.3 Å². The second-order valence-electron chi connectivity index (χ2n) is 4.70. The molecule has 0 aliphatic heterocycles. The molecule has 0 saturated carbocycles. The Morgan fingerprint density at radius 2 is 2.21 bits per heavy atom. The number of nitrogens with zero attached hydrogens (tertiary/aromatic N) is 1. The smallest absolute Gasteiger partial charge is 0.259 e. The monoisotopic (exact) mass is 254 g/mol. The number of H-pyrrole nitrogens is 1. The van der Waals surface area contributed by atoms with Crippen LogP contribution in [-0.4, -0.2) is 15.8 Å². The van der Waals surface area contributed by atoms with Gasteiger partial charge in [-0.3, -0.25) is 15.2 Å². The highest BCUT2D eigenvalue weighted by Crippen LogP contribution is 2.30. The topological polar surface area (TPSA) is 95.6 Å². The normalized spacial score (nSPS) is 13.3. The Bertz CT molecular complexity index is 718. The molecule has 0 spiro atoms. The SMILES string of the molecule is N=C(N)c1cc2c([nH]c1=O)CCCc1cnccc1-2. The number of aromatic amines is 1. The van der Waals surface area contributed by atoms with Gasteiger partial charge in [0.15, 0.2) is 0 Å². The standard InChI is InChI=1S/C14H14N4O/c15-13(16)11-6-10-9-4-5-17-7-8(9)2-1-3-12(10)18-14(11)19/h4-7H,1-3H2,(H3,15,16)(H,18,19). The van der Waals surface area contributed by atoms with Crippen LogP contribution < -0.4 is 11.3 Å². The largest absolute Gasteiger partial charge is 0.384 e. The highest BCUT2D eigenvalue weighted by Gasteiger charge is 2.17. The fourth-order valence-corrected chi connectivity index (χ4v) is 2.55. The van der Waals surface area contributed by atoms with Gasteiger partial charge in [-0.05, 0) is 42.5 Å². The third-order valence-electron chi connectivity index (χ3n) is 3.48. The number of nitrogens with one attached hydrogen (secondary N) is 2. The highest BCUT2D eigenvalue weighted by molar-refractivity contribution is 5.96. The van der Waals surface area contributed by atoms with Crippen LogP contribution in [0.5, 0.6) is 0 Å². The van der Waals surface area contributed by atoms with Crippen LogP contribution in [0.2, 0.25) is 0 Å². The number of rotatable bonds is 1. The number of hydrogen-bond donors (Lipinski definition) is 3. The zero-order valence-electron chi connectivity index (χ0n) is 10.4. The summed E-state index contributed by atoms with van der Waals surface area (Å²) >= 11 is 0.